The number of aromatic nitrogens is 2. The molecule has 0 bridgehead atoms. The number of benzene rings is 1. The van der Waals surface area contributed by atoms with Crippen LogP contribution in [0.4, 0.5) is 0 Å². The largest absolute Gasteiger partial charge is 0.548 e. The lowest BCUT2D eigenvalue weighted by atomic mass is 10.1. The average molecular weight is 372 g/mol. The van der Waals surface area contributed by atoms with E-state index in [0.29, 0.717) is 30.2 Å². The average Bonchev–Trinajstić information content (AvgIpc) is 3.14. The van der Waals surface area contributed by atoms with Crippen LogP contribution in [0.5, 0.6) is 0 Å². The first-order chi connectivity index (χ1) is 13.0. The highest BCUT2D eigenvalue weighted by molar-refractivity contribution is 5.86. The molecule has 1 N–H and O–H groups in total. The van der Waals surface area contributed by atoms with Crippen molar-refractivity contribution in [3.05, 3.63) is 45.1 Å². The molecule has 1 saturated heterocycles. The Balaban J connectivity index is 2.09. The number of hydrogen-bond acceptors (Lipinski definition) is 5. The first kappa shape index (κ1) is 18.9. The van der Waals surface area contributed by atoms with Gasteiger partial charge in [-0.05, 0) is 31.4 Å². The van der Waals surface area contributed by atoms with Crippen molar-refractivity contribution < 1.29 is 14.7 Å². The van der Waals surface area contributed by atoms with Gasteiger partial charge in [0.15, 0.2) is 0 Å². The second-order valence-electron chi connectivity index (χ2n) is 6.82. The maximum Gasteiger partial charge on any atom is 0.329 e. The SMILES string of the molecule is CCCC[C@@H](C(=O)N1CCC[C@@H]1C(=O)[O-])n1c(=O)[nH]c2ccccc2c1=O. The molecule has 0 saturated carbocycles. The minimum atomic E-state index is -1.31. The molecule has 8 nitrogen and oxygen atoms in total. The lowest BCUT2D eigenvalue weighted by Gasteiger charge is -2.30. The summed E-state index contributed by atoms with van der Waals surface area (Å²) < 4.78 is 0.936. The van der Waals surface area contributed by atoms with Crippen molar-refractivity contribution in [2.24, 2.45) is 0 Å². The van der Waals surface area contributed by atoms with E-state index in [1.54, 1.807) is 24.3 Å². The molecule has 1 aromatic heterocycles. The number of unbranched alkanes of at least 4 members (excludes halogenated alkanes) is 1. The third-order valence-corrected chi connectivity index (χ3v) is 5.07. The number of rotatable bonds is 6. The fraction of sp³-hybridized carbons (Fsp3) is 0.474. The van der Waals surface area contributed by atoms with E-state index in [1.165, 1.54) is 4.90 Å². The molecule has 8 heteroatoms. The number of H-pyrrole nitrogens is 1. The van der Waals surface area contributed by atoms with Crippen molar-refractivity contribution in [1.82, 2.24) is 14.5 Å². The fourth-order valence-electron chi connectivity index (χ4n) is 3.69. The van der Waals surface area contributed by atoms with E-state index < -0.39 is 35.2 Å². The Morgan fingerprint density at radius 1 is 1.30 bits per heavy atom. The summed E-state index contributed by atoms with van der Waals surface area (Å²) >= 11 is 0. The predicted molar refractivity (Wildman–Crippen MR) is 97.1 cm³/mol. The van der Waals surface area contributed by atoms with Crippen LogP contribution in [0.2, 0.25) is 0 Å². The molecule has 2 aromatic rings. The topological polar surface area (TPSA) is 115 Å². The number of aliphatic carboxylic acids is 1. The molecule has 0 spiro atoms. The van der Waals surface area contributed by atoms with Gasteiger partial charge >= 0.3 is 5.69 Å². The van der Waals surface area contributed by atoms with Gasteiger partial charge < -0.3 is 19.8 Å². The minimum absolute atomic E-state index is 0.278. The first-order valence-electron chi connectivity index (χ1n) is 9.20. The minimum Gasteiger partial charge on any atom is -0.548 e. The number of carboxylic acids is 1. The Kier molecular flexibility index (Phi) is 5.43. The van der Waals surface area contributed by atoms with Crippen molar-refractivity contribution >= 4 is 22.8 Å². The predicted octanol–water partition coefficient (Wildman–Crippen LogP) is 0.162. The highest BCUT2D eigenvalue weighted by atomic mass is 16.4. The number of likely N-dealkylation sites (tertiary alicyclic amines) is 1. The molecule has 2 atom stereocenters. The second-order valence-corrected chi connectivity index (χ2v) is 6.82. The molecule has 1 amide bonds. The summed E-state index contributed by atoms with van der Waals surface area (Å²) in [5.41, 5.74) is -0.815. The van der Waals surface area contributed by atoms with Crippen molar-refractivity contribution in [2.75, 3.05) is 6.54 Å². The maximum absolute atomic E-state index is 13.1. The van der Waals surface area contributed by atoms with Gasteiger partial charge in [0.2, 0.25) is 5.91 Å². The van der Waals surface area contributed by atoms with E-state index in [-0.39, 0.29) is 13.0 Å². The molecule has 1 aliphatic rings. The summed E-state index contributed by atoms with van der Waals surface area (Å²) in [6.07, 6.45) is 2.55. The Bertz CT molecular complexity index is 977. The molecule has 1 fully saturated rings. The van der Waals surface area contributed by atoms with E-state index in [2.05, 4.69) is 4.98 Å². The molecule has 3 rings (SSSR count). The van der Waals surface area contributed by atoms with Gasteiger partial charge in [-0.3, -0.25) is 9.59 Å². The third kappa shape index (κ3) is 3.51. The zero-order valence-corrected chi connectivity index (χ0v) is 15.1. The van der Waals surface area contributed by atoms with Crippen LogP contribution in [-0.4, -0.2) is 38.9 Å². The summed E-state index contributed by atoms with van der Waals surface area (Å²) in [6.45, 7) is 2.22. The normalized spacial score (nSPS) is 18.0. The van der Waals surface area contributed by atoms with Crippen LogP contribution in [0.25, 0.3) is 10.9 Å². The van der Waals surface area contributed by atoms with E-state index in [4.69, 9.17) is 0 Å². The van der Waals surface area contributed by atoms with E-state index in [0.717, 1.165) is 11.0 Å². The number of nitrogens with one attached hydrogen (secondary N) is 1. The molecular formula is C19H22N3O5-. The number of carbonyl (C=O) groups is 2. The number of nitrogens with zero attached hydrogens (tertiary/aromatic N) is 2. The van der Waals surface area contributed by atoms with Gasteiger partial charge in [-0.1, -0.05) is 31.9 Å². The van der Waals surface area contributed by atoms with E-state index >= 15 is 0 Å². The quantitative estimate of drug-likeness (QED) is 0.776. The molecule has 1 aromatic carbocycles. The molecule has 144 valence electrons. The Morgan fingerprint density at radius 2 is 2.04 bits per heavy atom. The summed E-state index contributed by atoms with van der Waals surface area (Å²) in [5, 5.41) is 11.7. The molecule has 0 aliphatic carbocycles. The van der Waals surface area contributed by atoms with Crippen LogP contribution in [0.3, 0.4) is 0 Å². The van der Waals surface area contributed by atoms with Gasteiger partial charge in [0, 0.05) is 6.54 Å². The van der Waals surface area contributed by atoms with Gasteiger partial charge in [0.1, 0.15) is 6.04 Å². The van der Waals surface area contributed by atoms with Crippen molar-refractivity contribution in [3.63, 3.8) is 0 Å². The van der Waals surface area contributed by atoms with Gasteiger partial charge in [0.05, 0.1) is 22.9 Å². The number of amides is 1. The lowest BCUT2D eigenvalue weighted by Crippen LogP contribution is -2.51. The highest BCUT2D eigenvalue weighted by Gasteiger charge is 2.35. The molecule has 0 radical (unpaired) electrons. The molecule has 27 heavy (non-hydrogen) atoms. The Labute approximate surface area is 155 Å². The summed E-state index contributed by atoms with van der Waals surface area (Å²) in [7, 11) is 0. The van der Waals surface area contributed by atoms with Crippen LogP contribution in [-0.2, 0) is 9.59 Å². The van der Waals surface area contributed by atoms with Crippen LogP contribution < -0.4 is 16.4 Å². The Morgan fingerprint density at radius 3 is 2.74 bits per heavy atom. The molecule has 0 unspecified atom stereocenters. The van der Waals surface area contributed by atoms with Crippen LogP contribution in [0.1, 0.15) is 45.1 Å². The highest BCUT2D eigenvalue weighted by Crippen LogP contribution is 2.23. The molecular weight excluding hydrogens is 350 g/mol. The summed E-state index contributed by atoms with van der Waals surface area (Å²) in [5.74, 6) is -1.83. The third-order valence-electron chi connectivity index (χ3n) is 5.07. The van der Waals surface area contributed by atoms with Gasteiger partial charge in [-0.25, -0.2) is 9.36 Å². The number of para-hydroxylation sites is 1. The Hall–Kier alpha value is -2.90. The summed E-state index contributed by atoms with van der Waals surface area (Å²) in [6, 6.07) is 4.55. The van der Waals surface area contributed by atoms with E-state index in [1.807, 2.05) is 6.92 Å². The van der Waals surface area contributed by atoms with Crippen LogP contribution in [0.15, 0.2) is 33.9 Å². The molecule has 2 heterocycles. The maximum atomic E-state index is 13.1. The first-order valence-corrected chi connectivity index (χ1v) is 9.20. The zero-order valence-electron chi connectivity index (χ0n) is 15.1. The monoisotopic (exact) mass is 372 g/mol. The fourth-order valence-corrected chi connectivity index (χ4v) is 3.69. The second kappa shape index (κ2) is 7.77. The lowest BCUT2D eigenvalue weighted by molar-refractivity contribution is -0.310. The number of aromatic amines is 1. The van der Waals surface area contributed by atoms with Crippen molar-refractivity contribution in [3.8, 4) is 0 Å². The summed E-state index contributed by atoms with van der Waals surface area (Å²) in [4.78, 5) is 53.9. The van der Waals surface area contributed by atoms with Gasteiger partial charge in [-0.15, -0.1) is 0 Å². The van der Waals surface area contributed by atoms with Gasteiger partial charge in [0.25, 0.3) is 5.56 Å². The van der Waals surface area contributed by atoms with Crippen molar-refractivity contribution in [2.45, 2.75) is 51.1 Å². The number of carbonyl (C=O) groups excluding carboxylic acids is 2. The smallest absolute Gasteiger partial charge is 0.329 e. The van der Waals surface area contributed by atoms with E-state index in [9.17, 15) is 24.3 Å². The number of fused-ring (bicyclic) bond motifs is 1. The van der Waals surface area contributed by atoms with Crippen LogP contribution in [0, 0.1) is 0 Å². The van der Waals surface area contributed by atoms with Crippen molar-refractivity contribution in [1.29, 1.82) is 0 Å². The zero-order chi connectivity index (χ0) is 19.6. The standard InChI is InChI=1S/C19H23N3O5/c1-2-3-9-14(17(24)21-11-6-10-15(21)18(25)26)22-16(23)12-7-4-5-8-13(12)20-19(22)27/h4-5,7-8,14-15H,2-3,6,9-11H2,1H3,(H,20,27)(H,25,26)/p-1/t14-,15+/m0/s1. The van der Waals surface area contributed by atoms with Gasteiger partial charge in [-0.2, -0.15) is 0 Å². The number of hydrogen-bond donors (Lipinski definition) is 1. The van der Waals surface area contributed by atoms with Crippen LogP contribution >= 0.6 is 0 Å². The molecule has 1 aliphatic heterocycles. The number of carboxylic acid groups (broad SMARTS) is 1.